The Morgan fingerprint density at radius 2 is 2.05 bits per heavy atom. The summed E-state index contributed by atoms with van der Waals surface area (Å²) in [4.78, 5) is 11.8. The summed E-state index contributed by atoms with van der Waals surface area (Å²) in [6.45, 7) is 4.94. The van der Waals surface area contributed by atoms with Crippen molar-refractivity contribution in [3.8, 4) is 0 Å². The standard InChI is InChI=1S/C14H17BrF3NO2/c1-9(2)8-21-6-5-19-13(20)11-4-3-10(15)7-12(11)14(16,17)18/h3-4,7,9H,5-6,8H2,1-2H3,(H,19,20). The van der Waals surface area contributed by atoms with Crippen molar-refractivity contribution in [2.75, 3.05) is 19.8 Å². The molecule has 0 unspecified atom stereocenters. The van der Waals surface area contributed by atoms with E-state index >= 15 is 0 Å². The van der Waals surface area contributed by atoms with Crippen LogP contribution < -0.4 is 5.32 Å². The molecule has 0 saturated heterocycles. The van der Waals surface area contributed by atoms with Crippen molar-refractivity contribution < 1.29 is 22.7 Å². The minimum atomic E-state index is -4.58. The molecule has 1 N–H and O–H groups in total. The first kappa shape index (κ1) is 18.0. The lowest BCUT2D eigenvalue weighted by Crippen LogP contribution is -2.29. The fraction of sp³-hybridized carbons (Fsp3) is 0.500. The van der Waals surface area contributed by atoms with Gasteiger partial charge >= 0.3 is 6.18 Å². The molecular weight excluding hydrogens is 351 g/mol. The zero-order valence-corrected chi connectivity index (χ0v) is 13.3. The molecule has 3 nitrogen and oxygen atoms in total. The third kappa shape index (κ3) is 6.05. The van der Waals surface area contributed by atoms with E-state index in [1.807, 2.05) is 13.8 Å². The molecule has 1 amide bonds. The molecule has 7 heteroatoms. The molecular formula is C14H17BrF3NO2. The van der Waals surface area contributed by atoms with Crippen molar-refractivity contribution in [2.45, 2.75) is 20.0 Å². The van der Waals surface area contributed by atoms with Gasteiger partial charge in [0, 0.05) is 17.6 Å². The lowest BCUT2D eigenvalue weighted by Gasteiger charge is -2.13. The van der Waals surface area contributed by atoms with E-state index in [0.717, 1.165) is 12.1 Å². The van der Waals surface area contributed by atoms with Gasteiger partial charge in [-0.05, 0) is 24.1 Å². The molecule has 21 heavy (non-hydrogen) atoms. The van der Waals surface area contributed by atoms with Gasteiger partial charge in [-0.15, -0.1) is 0 Å². The van der Waals surface area contributed by atoms with E-state index in [9.17, 15) is 18.0 Å². The van der Waals surface area contributed by atoms with Crippen molar-refractivity contribution in [3.05, 3.63) is 33.8 Å². The predicted octanol–water partition coefficient (Wildman–Crippen LogP) is 3.87. The molecule has 0 bridgehead atoms. The normalized spacial score (nSPS) is 11.8. The second-order valence-corrected chi connectivity index (χ2v) is 5.83. The van der Waals surface area contributed by atoms with Gasteiger partial charge in [0.05, 0.1) is 17.7 Å². The number of carbonyl (C=O) groups is 1. The van der Waals surface area contributed by atoms with Crippen LogP contribution in [0.4, 0.5) is 13.2 Å². The fourth-order valence-corrected chi connectivity index (χ4v) is 1.96. The number of nitrogens with one attached hydrogen (secondary N) is 1. The van der Waals surface area contributed by atoms with Gasteiger partial charge in [-0.25, -0.2) is 0 Å². The monoisotopic (exact) mass is 367 g/mol. The highest BCUT2D eigenvalue weighted by molar-refractivity contribution is 9.10. The van der Waals surface area contributed by atoms with E-state index < -0.39 is 23.2 Å². The van der Waals surface area contributed by atoms with Gasteiger partial charge in [0.1, 0.15) is 0 Å². The maximum absolute atomic E-state index is 12.9. The van der Waals surface area contributed by atoms with E-state index in [1.54, 1.807) is 0 Å². The highest BCUT2D eigenvalue weighted by Gasteiger charge is 2.35. The highest BCUT2D eigenvalue weighted by Crippen LogP contribution is 2.33. The Bertz CT molecular complexity index is 490. The van der Waals surface area contributed by atoms with Crippen molar-refractivity contribution in [1.82, 2.24) is 5.32 Å². The van der Waals surface area contributed by atoms with Gasteiger partial charge in [0.25, 0.3) is 5.91 Å². The fourth-order valence-electron chi connectivity index (χ4n) is 1.60. The Hall–Kier alpha value is -1.08. The smallest absolute Gasteiger partial charge is 0.379 e. The van der Waals surface area contributed by atoms with Gasteiger partial charge in [-0.1, -0.05) is 29.8 Å². The number of hydrogen-bond acceptors (Lipinski definition) is 2. The van der Waals surface area contributed by atoms with E-state index in [2.05, 4.69) is 21.2 Å². The molecule has 0 fully saturated rings. The predicted molar refractivity (Wildman–Crippen MR) is 77.1 cm³/mol. The molecule has 0 aliphatic carbocycles. The van der Waals surface area contributed by atoms with Crippen LogP contribution in [0, 0.1) is 5.92 Å². The van der Waals surface area contributed by atoms with Crippen LogP contribution in [0.25, 0.3) is 0 Å². The Morgan fingerprint density at radius 1 is 1.38 bits per heavy atom. The van der Waals surface area contributed by atoms with Crippen molar-refractivity contribution in [1.29, 1.82) is 0 Å². The maximum atomic E-state index is 12.9. The second-order valence-electron chi connectivity index (χ2n) is 4.91. The summed E-state index contributed by atoms with van der Waals surface area (Å²) in [6, 6.07) is 3.45. The van der Waals surface area contributed by atoms with Crippen LogP contribution >= 0.6 is 15.9 Å². The Kier molecular flexibility index (Phi) is 6.67. The molecule has 1 aromatic carbocycles. The minimum Gasteiger partial charge on any atom is -0.379 e. The topological polar surface area (TPSA) is 38.3 Å². The summed E-state index contributed by atoms with van der Waals surface area (Å²) in [5.74, 6) is -0.396. The molecule has 1 rings (SSSR count). The summed E-state index contributed by atoms with van der Waals surface area (Å²) in [5, 5.41) is 2.43. The zero-order chi connectivity index (χ0) is 16.0. The summed E-state index contributed by atoms with van der Waals surface area (Å²) in [6.07, 6.45) is -4.58. The van der Waals surface area contributed by atoms with Gasteiger partial charge in [0.15, 0.2) is 0 Å². The van der Waals surface area contributed by atoms with Crippen LogP contribution in [0.2, 0.25) is 0 Å². The molecule has 118 valence electrons. The van der Waals surface area contributed by atoms with Gasteiger partial charge in [-0.3, -0.25) is 4.79 Å². The van der Waals surface area contributed by atoms with Crippen LogP contribution in [-0.4, -0.2) is 25.7 Å². The first-order valence-electron chi connectivity index (χ1n) is 6.44. The molecule has 0 atom stereocenters. The number of benzene rings is 1. The number of amides is 1. The van der Waals surface area contributed by atoms with Crippen molar-refractivity contribution in [3.63, 3.8) is 0 Å². The molecule has 0 aliphatic rings. The quantitative estimate of drug-likeness (QED) is 0.775. The third-order valence-electron chi connectivity index (χ3n) is 2.51. The first-order chi connectivity index (χ1) is 9.71. The highest BCUT2D eigenvalue weighted by atomic mass is 79.9. The number of carbonyl (C=O) groups excluding carboxylic acids is 1. The lowest BCUT2D eigenvalue weighted by molar-refractivity contribution is -0.138. The second kappa shape index (κ2) is 7.79. The van der Waals surface area contributed by atoms with Crippen LogP contribution in [0.15, 0.2) is 22.7 Å². The Balaban J connectivity index is 2.66. The summed E-state index contributed by atoms with van der Waals surface area (Å²) < 4.78 is 44.2. The number of ether oxygens (including phenoxy) is 1. The Morgan fingerprint density at radius 3 is 2.62 bits per heavy atom. The number of rotatable bonds is 6. The summed E-state index contributed by atoms with van der Waals surface area (Å²) in [5.41, 5.74) is -1.35. The van der Waals surface area contributed by atoms with Gasteiger partial charge in [-0.2, -0.15) is 13.2 Å². The van der Waals surface area contributed by atoms with E-state index in [1.165, 1.54) is 6.07 Å². The summed E-state index contributed by atoms with van der Waals surface area (Å²) in [7, 11) is 0. The summed E-state index contributed by atoms with van der Waals surface area (Å²) >= 11 is 2.97. The van der Waals surface area contributed by atoms with Crippen molar-refractivity contribution in [2.24, 2.45) is 5.92 Å². The third-order valence-corrected chi connectivity index (χ3v) is 3.01. The van der Waals surface area contributed by atoms with Crippen LogP contribution in [0.5, 0.6) is 0 Å². The van der Waals surface area contributed by atoms with Crippen LogP contribution in [-0.2, 0) is 10.9 Å². The SMILES string of the molecule is CC(C)COCCNC(=O)c1ccc(Br)cc1C(F)(F)F. The largest absolute Gasteiger partial charge is 0.417 e. The van der Waals surface area contributed by atoms with Crippen LogP contribution in [0.1, 0.15) is 29.8 Å². The molecule has 0 radical (unpaired) electrons. The Labute approximate surface area is 130 Å². The molecule has 0 heterocycles. The first-order valence-corrected chi connectivity index (χ1v) is 7.23. The zero-order valence-electron chi connectivity index (χ0n) is 11.8. The maximum Gasteiger partial charge on any atom is 0.417 e. The van der Waals surface area contributed by atoms with Gasteiger partial charge in [0.2, 0.25) is 0 Å². The molecule has 0 aromatic heterocycles. The van der Waals surface area contributed by atoms with Gasteiger partial charge < -0.3 is 10.1 Å². The average Bonchev–Trinajstić information content (AvgIpc) is 2.36. The van der Waals surface area contributed by atoms with Crippen LogP contribution in [0.3, 0.4) is 0 Å². The number of hydrogen-bond donors (Lipinski definition) is 1. The molecule has 0 spiro atoms. The lowest BCUT2D eigenvalue weighted by atomic mass is 10.1. The number of alkyl halides is 3. The molecule has 0 saturated carbocycles. The average molecular weight is 368 g/mol. The van der Waals surface area contributed by atoms with E-state index in [0.29, 0.717) is 12.5 Å². The number of halogens is 4. The van der Waals surface area contributed by atoms with E-state index in [4.69, 9.17) is 4.74 Å². The molecule has 1 aromatic rings. The minimum absolute atomic E-state index is 0.166. The molecule has 0 aliphatic heterocycles. The van der Waals surface area contributed by atoms with Crippen molar-refractivity contribution >= 4 is 21.8 Å². The van der Waals surface area contributed by atoms with E-state index in [-0.39, 0.29) is 17.6 Å².